The van der Waals surface area contributed by atoms with Gasteiger partial charge in [-0.2, -0.15) is 5.26 Å². The predicted octanol–water partition coefficient (Wildman–Crippen LogP) is 3.85. The quantitative estimate of drug-likeness (QED) is 0.651. The van der Waals surface area contributed by atoms with Gasteiger partial charge >= 0.3 is 0 Å². The largest absolute Gasteiger partial charge is 0.196 e. The molecule has 0 aromatic carbocycles. The molecular weight excluding hydrogens is 202 g/mol. The van der Waals surface area contributed by atoms with E-state index in [0.717, 1.165) is 4.88 Å². The topological polar surface area (TPSA) is 23.8 Å². The van der Waals surface area contributed by atoms with E-state index in [2.05, 4.69) is 20.8 Å². The van der Waals surface area contributed by atoms with Crippen LogP contribution in [0.5, 0.6) is 0 Å². The minimum absolute atomic E-state index is 0.148. The molecule has 1 nitrogen and oxygen atoms in total. The Morgan fingerprint density at radius 3 is 2.46 bits per heavy atom. The summed E-state index contributed by atoms with van der Waals surface area (Å²) in [6.07, 6.45) is 0. The zero-order valence-electron chi connectivity index (χ0n) is 7.97. The lowest BCUT2D eigenvalue weighted by Crippen LogP contribution is -2.07. The van der Waals surface area contributed by atoms with Gasteiger partial charge in [0.2, 0.25) is 0 Å². The smallest absolute Gasteiger partial charge is 0.154 e. The predicted molar refractivity (Wildman–Crippen MR) is 57.2 cm³/mol. The number of hydrogen-bond acceptors (Lipinski definition) is 2. The molecule has 0 aliphatic rings. The minimum atomic E-state index is -0.499. The Balaban J connectivity index is 2.95. The van der Waals surface area contributed by atoms with Gasteiger partial charge in [0.15, 0.2) is 5.38 Å². The number of rotatable bonds is 1. The van der Waals surface area contributed by atoms with Crippen LogP contribution in [0.25, 0.3) is 0 Å². The molecule has 3 heteroatoms. The van der Waals surface area contributed by atoms with E-state index in [9.17, 15) is 0 Å². The first-order valence-corrected chi connectivity index (χ1v) is 5.34. The molecule has 0 radical (unpaired) electrons. The van der Waals surface area contributed by atoms with E-state index < -0.39 is 5.38 Å². The molecule has 0 bridgehead atoms. The van der Waals surface area contributed by atoms with Gasteiger partial charge < -0.3 is 0 Å². The standard InChI is InChI=1S/C10H12ClNS/c1-10(2,3)9-5-4-8(13-9)7(11)6-12/h4-5,7H,1-3H3. The summed E-state index contributed by atoms with van der Waals surface area (Å²) in [5.41, 5.74) is 0.148. The van der Waals surface area contributed by atoms with E-state index in [1.165, 1.54) is 4.88 Å². The zero-order chi connectivity index (χ0) is 10.1. The molecule has 0 spiro atoms. The maximum absolute atomic E-state index is 8.62. The van der Waals surface area contributed by atoms with Crippen LogP contribution in [0.1, 0.15) is 35.9 Å². The van der Waals surface area contributed by atoms with Crippen LogP contribution in [0, 0.1) is 11.3 Å². The minimum Gasteiger partial charge on any atom is -0.196 e. The highest BCUT2D eigenvalue weighted by atomic mass is 35.5. The summed E-state index contributed by atoms with van der Waals surface area (Å²) in [6.45, 7) is 6.45. The second-order valence-electron chi connectivity index (χ2n) is 3.94. The maximum atomic E-state index is 8.62. The molecular formula is C10H12ClNS. The van der Waals surface area contributed by atoms with Crippen LogP contribution in [-0.2, 0) is 5.41 Å². The van der Waals surface area contributed by atoms with Gasteiger partial charge in [0.05, 0.1) is 6.07 Å². The Morgan fingerprint density at radius 1 is 1.46 bits per heavy atom. The highest BCUT2D eigenvalue weighted by Gasteiger charge is 2.18. The lowest BCUT2D eigenvalue weighted by atomic mass is 9.95. The van der Waals surface area contributed by atoms with Gasteiger partial charge in [-0.25, -0.2) is 0 Å². The number of nitrogens with zero attached hydrogens (tertiary/aromatic N) is 1. The fourth-order valence-corrected chi connectivity index (χ4v) is 2.15. The van der Waals surface area contributed by atoms with Gasteiger partial charge in [-0.1, -0.05) is 20.8 Å². The van der Waals surface area contributed by atoms with E-state index in [1.807, 2.05) is 18.2 Å². The fraction of sp³-hybridized carbons (Fsp3) is 0.500. The van der Waals surface area contributed by atoms with E-state index in [-0.39, 0.29) is 5.41 Å². The van der Waals surface area contributed by atoms with Gasteiger partial charge in [-0.05, 0) is 17.5 Å². The van der Waals surface area contributed by atoms with Crippen molar-refractivity contribution in [1.82, 2.24) is 0 Å². The van der Waals surface area contributed by atoms with Gasteiger partial charge in [0, 0.05) is 9.75 Å². The highest BCUT2D eigenvalue weighted by Crippen LogP contribution is 2.34. The van der Waals surface area contributed by atoms with E-state index in [1.54, 1.807) is 11.3 Å². The SMILES string of the molecule is CC(C)(C)c1ccc(C(Cl)C#N)s1. The van der Waals surface area contributed by atoms with Crippen molar-refractivity contribution >= 4 is 22.9 Å². The summed E-state index contributed by atoms with van der Waals surface area (Å²) in [6, 6.07) is 6.01. The summed E-state index contributed by atoms with van der Waals surface area (Å²) >= 11 is 7.42. The molecule has 1 rings (SSSR count). The summed E-state index contributed by atoms with van der Waals surface area (Å²) < 4.78 is 0. The Bertz CT molecular complexity index is 329. The van der Waals surface area contributed by atoms with Crippen LogP contribution in [0.15, 0.2) is 12.1 Å². The molecule has 0 amide bonds. The van der Waals surface area contributed by atoms with Crippen molar-refractivity contribution in [2.45, 2.75) is 31.6 Å². The average Bonchev–Trinajstić information content (AvgIpc) is 2.50. The number of hydrogen-bond donors (Lipinski definition) is 0. The van der Waals surface area contributed by atoms with Crippen LogP contribution >= 0.6 is 22.9 Å². The Labute approximate surface area is 88.0 Å². The second kappa shape index (κ2) is 3.69. The molecule has 1 aromatic rings. The Kier molecular flexibility index (Phi) is 3.00. The number of alkyl halides is 1. The molecule has 0 saturated carbocycles. The van der Waals surface area contributed by atoms with Crippen LogP contribution < -0.4 is 0 Å². The van der Waals surface area contributed by atoms with E-state index in [4.69, 9.17) is 16.9 Å². The molecule has 1 unspecified atom stereocenters. The third-order valence-electron chi connectivity index (χ3n) is 1.73. The monoisotopic (exact) mass is 213 g/mol. The number of thiophene rings is 1. The Morgan fingerprint density at radius 2 is 2.08 bits per heavy atom. The van der Waals surface area contributed by atoms with Crippen molar-refractivity contribution in [3.63, 3.8) is 0 Å². The van der Waals surface area contributed by atoms with Crippen molar-refractivity contribution in [2.75, 3.05) is 0 Å². The molecule has 1 atom stereocenters. The molecule has 0 fully saturated rings. The zero-order valence-corrected chi connectivity index (χ0v) is 9.54. The number of nitriles is 1. The molecule has 0 N–H and O–H groups in total. The highest BCUT2D eigenvalue weighted by molar-refractivity contribution is 7.12. The Hall–Kier alpha value is -0.520. The van der Waals surface area contributed by atoms with Crippen molar-refractivity contribution in [1.29, 1.82) is 5.26 Å². The molecule has 70 valence electrons. The lowest BCUT2D eigenvalue weighted by Gasteiger charge is -2.15. The van der Waals surface area contributed by atoms with Crippen LogP contribution in [0.3, 0.4) is 0 Å². The van der Waals surface area contributed by atoms with Crippen LogP contribution in [-0.4, -0.2) is 0 Å². The fourth-order valence-electron chi connectivity index (χ4n) is 0.956. The van der Waals surface area contributed by atoms with Crippen LogP contribution in [0.2, 0.25) is 0 Å². The molecule has 0 saturated heterocycles. The van der Waals surface area contributed by atoms with Crippen molar-refractivity contribution in [3.8, 4) is 6.07 Å². The first kappa shape index (κ1) is 10.6. The van der Waals surface area contributed by atoms with Gasteiger partial charge in [-0.3, -0.25) is 0 Å². The molecule has 13 heavy (non-hydrogen) atoms. The molecule has 0 aliphatic carbocycles. The van der Waals surface area contributed by atoms with Gasteiger partial charge in [-0.15, -0.1) is 22.9 Å². The van der Waals surface area contributed by atoms with Crippen LogP contribution in [0.4, 0.5) is 0 Å². The molecule has 1 heterocycles. The second-order valence-corrected chi connectivity index (χ2v) is 5.50. The first-order valence-electron chi connectivity index (χ1n) is 4.09. The van der Waals surface area contributed by atoms with Crippen molar-refractivity contribution in [2.24, 2.45) is 0 Å². The maximum Gasteiger partial charge on any atom is 0.154 e. The molecule has 1 aromatic heterocycles. The normalized spacial score (nSPS) is 13.8. The number of halogens is 1. The lowest BCUT2D eigenvalue weighted by molar-refractivity contribution is 0.604. The van der Waals surface area contributed by atoms with Crippen molar-refractivity contribution in [3.05, 3.63) is 21.9 Å². The van der Waals surface area contributed by atoms with Crippen molar-refractivity contribution < 1.29 is 0 Å². The summed E-state index contributed by atoms with van der Waals surface area (Å²) in [4.78, 5) is 2.21. The molecule has 0 aliphatic heterocycles. The van der Waals surface area contributed by atoms with Gasteiger partial charge in [0.25, 0.3) is 0 Å². The third kappa shape index (κ3) is 2.46. The third-order valence-corrected chi connectivity index (χ3v) is 3.77. The van der Waals surface area contributed by atoms with E-state index in [0.29, 0.717) is 0 Å². The van der Waals surface area contributed by atoms with E-state index >= 15 is 0 Å². The van der Waals surface area contributed by atoms with Gasteiger partial charge in [0.1, 0.15) is 0 Å². The summed E-state index contributed by atoms with van der Waals surface area (Å²) in [5.74, 6) is 0. The summed E-state index contributed by atoms with van der Waals surface area (Å²) in [5, 5.41) is 8.13. The average molecular weight is 214 g/mol. The summed E-state index contributed by atoms with van der Waals surface area (Å²) in [7, 11) is 0. The first-order chi connectivity index (χ1) is 5.95.